The molecule has 0 aromatic heterocycles. The van der Waals surface area contributed by atoms with E-state index in [1.165, 1.54) is 12.8 Å². The van der Waals surface area contributed by atoms with E-state index in [4.69, 9.17) is 11.6 Å². The Balaban J connectivity index is 2.16. The Bertz CT molecular complexity index is 129. The third-order valence-electron chi connectivity index (χ3n) is 2.13. The van der Waals surface area contributed by atoms with Gasteiger partial charge in [-0.15, -0.1) is 11.6 Å². The minimum atomic E-state index is 0.192. The van der Waals surface area contributed by atoms with Crippen LogP contribution in [0.2, 0.25) is 0 Å². The molecule has 1 rings (SSSR count). The minimum Gasteiger partial charge on any atom is -0.298 e. The lowest BCUT2D eigenvalue weighted by atomic mass is 10.0. The van der Waals surface area contributed by atoms with Crippen molar-refractivity contribution in [2.24, 2.45) is 11.8 Å². The van der Waals surface area contributed by atoms with Crippen LogP contribution in [-0.2, 0) is 4.79 Å². The molecule has 0 aromatic rings. The maximum Gasteiger partial charge on any atom is 0.147 e. The molecule has 2 heteroatoms. The van der Waals surface area contributed by atoms with Crippen LogP contribution in [0.15, 0.2) is 0 Å². The van der Waals surface area contributed by atoms with E-state index in [9.17, 15) is 4.79 Å². The predicted octanol–water partition coefficient (Wildman–Crippen LogP) is 2.23. The molecule has 0 aromatic carbocycles. The van der Waals surface area contributed by atoms with Gasteiger partial charge < -0.3 is 0 Å². The number of hydrogen-bond donors (Lipinski definition) is 0. The van der Waals surface area contributed by atoms with Crippen molar-refractivity contribution in [3.8, 4) is 0 Å². The van der Waals surface area contributed by atoms with Crippen LogP contribution < -0.4 is 0 Å². The first-order chi connectivity index (χ1) is 4.74. The molecule has 1 unspecified atom stereocenters. The van der Waals surface area contributed by atoms with Crippen molar-refractivity contribution in [2.45, 2.75) is 26.2 Å². The zero-order chi connectivity index (χ0) is 7.56. The Morgan fingerprint density at radius 2 is 2.30 bits per heavy atom. The highest BCUT2D eigenvalue weighted by atomic mass is 35.5. The Labute approximate surface area is 66.8 Å². The number of halogens is 1. The summed E-state index contributed by atoms with van der Waals surface area (Å²) in [5, 5.41) is 0. The van der Waals surface area contributed by atoms with Crippen LogP contribution in [0.5, 0.6) is 0 Å². The molecule has 0 saturated heterocycles. The summed E-state index contributed by atoms with van der Waals surface area (Å²) in [6.45, 7) is 2.14. The van der Waals surface area contributed by atoms with Crippen molar-refractivity contribution in [3.05, 3.63) is 0 Å². The van der Waals surface area contributed by atoms with E-state index in [1.54, 1.807) is 0 Å². The summed E-state index contributed by atoms with van der Waals surface area (Å²) in [6.07, 6.45) is 3.32. The number of Topliss-reactive ketones (excluding diaryl/α,β-unsaturated/α-hetero) is 1. The van der Waals surface area contributed by atoms with E-state index in [0.29, 0.717) is 12.3 Å². The fourth-order valence-electron chi connectivity index (χ4n) is 1.25. The molecule has 0 aliphatic heterocycles. The fraction of sp³-hybridized carbons (Fsp3) is 0.875. The predicted molar refractivity (Wildman–Crippen MR) is 42.2 cm³/mol. The second-order valence-electron chi connectivity index (χ2n) is 3.19. The average molecular weight is 161 g/mol. The number of hydrogen-bond acceptors (Lipinski definition) is 1. The van der Waals surface area contributed by atoms with E-state index in [0.717, 1.165) is 5.92 Å². The number of carbonyl (C=O) groups is 1. The third kappa shape index (κ3) is 2.30. The normalized spacial score (nSPS) is 20.6. The molecule has 0 amide bonds. The molecule has 10 heavy (non-hydrogen) atoms. The van der Waals surface area contributed by atoms with Gasteiger partial charge in [0.15, 0.2) is 0 Å². The Hall–Kier alpha value is -0.0400. The summed E-state index contributed by atoms with van der Waals surface area (Å²) >= 11 is 5.37. The van der Waals surface area contributed by atoms with Gasteiger partial charge in [0.25, 0.3) is 0 Å². The van der Waals surface area contributed by atoms with E-state index in [-0.39, 0.29) is 11.7 Å². The molecule has 0 heterocycles. The molecule has 1 atom stereocenters. The molecule has 0 N–H and O–H groups in total. The number of rotatable bonds is 4. The summed E-state index contributed by atoms with van der Waals surface area (Å²) in [6, 6.07) is 0. The monoisotopic (exact) mass is 160 g/mol. The van der Waals surface area contributed by atoms with Gasteiger partial charge in [-0.1, -0.05) is 6.92 Å². The van der Waals surface area contributed by atoms with Gasteiger partial charge in [-0.25, -0.2) is 0 Å². The maximum absolute atomic E-state index is 10.8. The smallest absolute Gasteiger partial charge is 0.147 e. The zero-order valence-electron chi connectivity index (χ0n) is 6.27. The third-order valence-corrected chi connectivity index (χ3v) is 2.42. The Morgan fingerprint density at radius 1 is 1.70 bits per heavy atom. The first-order valence-electron chi connectivity index (χ1n) is 3.81. The van der Waals surface area contributed by atoms with Crippen LogP contribution in [0, 0.1) is 11.8 Å². The zero-order valence-corrected chi connectivity index (χ0v) is 7.03. The average Bonchev–Trinajstić information content (AvgIpc) is 2.68. The molecular weight excluding hydrogens is 148 g/mol. The minimum absolute atomic E-state index is 0.192. The Morgan fingerprint density at radius 3 is 2.70 bits per heavy atom. The first kappa shape index (κ1) is 8.06. The molecule has 1 saturated carbocycles. The first-order valence-corrected chi connectivity index (χ1v) is 4.35. The van der Waals surface area contributed by atoms with Crippen LogP contribution in [0.3, 0.4) is 0 Å². The van der Waals surface area contributed by atoms with Gasteiger partial charge in [0, 0.05) is 6.42 Å². The van der Waals surface area contributed by atoms with Gasteiger partial charge >= 0.3 is 0 Å². The summed E-state index contributed by atoms with van der Waals surface area (Å²) in [7, 11) is 0. The number of carbonyl (C=O) groups excluding carboxylic acids is 1. The van der Waals surface area contributed by atoms with Crippen molar-refractivity contribution in [1.29, 1.82) is 0 Å². The fourth-order valence-corrected chi connectivity index (χ4v) is 1.35. The van der Waals surface area contributed by atoms with Crippen LogP contribution in [0.1, 0.15) is 26.2 Å². The van der Waals surface area contributed by atoms with Crippen molar-refractivity contribution in [3.63, 3.8) is 0 Å². The van der Waals surface area contributed by atoms with Crippen LogP contribution >= 0.6 is 11.6 Å². The summed E-state index contributed by atoms with van der Waals surface area (Å²) in [4.78, 5) is 10.8. The van der Waals surface area contributed by atoms with Crippen molar-refractivity contribution in [2.75, 3.05) is 5.88 Å². The van der Waals surface area contributed by atoms with E-state index in [2.05, 4.69) is 6.92 Å². The molecular formula is C8H13ClO. The van der Waals surface area contributed by atoms with Crippen LogP contribution in [-0.4, -0.2) is 11.7 Å². The van der Waals surface area contributed by atoms with Crippen molar-refractivity contribution >= 4 is 17.4 Å². The highest BCUT2D eigenvalue weighted by Gasteiger charge is 2.28. The van der Waals surface area contributed by atoms with Gasteiger partial charge in [-0.2, -0.15) is 0 Å². The lowest BCUT2D eigenvalue weighted by molar-refractivity contribution is -0.117. The molecule has 1 aliphatic carbocycles. The highest BCUT2D eigenvalue weighted by molar-refractivity contribution is 6.27. The highest BCUT2D eigenvalue weighted by Crippen LogP contribution is 2.38. The van der Waals surface area contributed by atoms with Gasteiger partial charge in [-0.3, -0.25) is 4.79 Å². The summed E-state index contributed by atoms with van der Waals surface area (Å²) < 4.78 is 0. The molecule has 0 radical (unpaired) electrons. The lowest BCUT2D eigenvalue weighted by Gasteiger charge is -2.05. The molecule has 58 valence electrons. The molecule has 0 spiro atoms. The number of ketones is 1. The second-order valence-corrected chi connectivity index (χ2v) is 3.46. The van der Waals surface area contributed by atoms with E-state index >= 15 is 0 Å². The second kappa shape index (κ2) is 3.38. The van der Waals surface area contributed by atoms with E-state index in [1.807, 2.05) is 0 Å². The topological polar surface area (TPSA) is 17.1 Å². The van der Waals surface area contributed by atoms with Gasteiger partial charge in [0.1, 0.15) is 5.78 Å². The SMILES string of the molecule is CC(CC(=O)CCl)C1CC1. The van der Waals surface area contributed by atoms with Crippen LogP contribution in [0.4, 0.5) is 0 Å². The lowest BCUT2D eigenvalue weighted by Crippen LogP contribution is -2.07. The standard InChI is InChI=1S/C8H13ClO/c1-6(7-2-3-7)4-8(10)5-9/h6-7H,2-5H2,1H3. The van der Waals surface area contributed by atoms with E-state index < -0.39 is 0 Å². The van der Waals surface area contributed by atoms with Gasteiger partial charge in [0.05, 0.1) is 5.88 Å². The molecule has 1 nitrogen and oxygen atoms in total. The largest absolute Gasteiger partial charge is 0.298 e. The quantitative estimate of drug-likeness (QED) is 0.577. The van der Waals surface area contributed by atoms with Crippen molar-refractivity contribution in [1.82, 2.24) is 0 Å². The van der Waals surface area contributed by atoms with Gasteiger partial charge in [0.2, 0.25) is 0 Å². The molecule has 1 fully saturated rings. The molecule has 0 bridgehead atoms. The van der Waals surface area contributed by atoms with Crippen molar-refractivity contribution < 1.29 is 4.79 Å². The number of alkyl halides is 1. The van der Waals surface area contributed by atoms with Gasteiger partial charge in [-0.05, 0) is 24.7 Å². The van der Waals surface area contributed by atoms with Crippen LogP contribution in [0.25, 0.3) is 0 Å². The maximum atomic E-state index is 10.8. The summed E-state index contributed by atoms with van der Waals surface area (Å²) in [5.74, 6) is 1.79. The molecule has 1 aliphatic rings. The Kier molecular flexibility index (Phi) is 2.72. The summed E-state index contributed by atoms with van der Waals surface area (Å²) in [5.41, 5.74) is 0.